The van der Waals surface area contributed by atoms with Crippen molar-refractivity contribution in [2.75, 3.05) is 6.54 Å². The zero-order valence-corrected chi connectivity index (χ0v) is 9.38. The Kier molecular flexibility index (Phi) is 4.59. The van der Waals surface area contributed by atoms with Crippen LogP contribution >= 0.6 is 0 Å². The predicted molar refractivity (Wildman–Crippen MR) is 57.0 cm³/mol. The zero-order chi connectivity index (χ0) is 10.4. The molecule has 0 unspecified atom stereocenters. The van der Waals surface area contributed by atoms with E-state index in [1.54, 1.807) is 0 Å². The summed E-state index contributed by atoms with van der Waals surface area (Å²) in [6.07, 6.45) is 3.23. The maximum absolute atomic E-state index is 4.46. The Bertz CT molecular complexity index is 267. The minimum absolute atomic E-state index is 0.820. The summed E-state index contributed by atoms with van der Waals surface area (Å²) in [5.41, 5.74) is 0. The van der Waals surface area contributed by atoms with Crippen LogP contribution in [0.15, 0.2) is 0 Å². The first-order valence-electron chi connectivity index (χ1n) is 5.37. The minimum atomic E-state index is 0.820. The van der Waals surface area contributed by atoms with Crippen molar-refractivity contribution in [3.05, 3.63) is 11.6 Å². The SMILES string of the molecule is CCCNCc1nc(CCC)nn1C. The minimum Gasteiger partial charge on any atom is -0.310 e. The Labute approximate surface area is 85.7 Å². The molecule has 0 atom stereocenters. The molecule has 0 aromatic carbocycles. The second kappa shape index (κ2) is 5.75. The molecule has 1 N–H and O–H groups in total. The molecule has 1 heterocycles. The van der Waals surface area contributed by atoms with Gasteiger partial charge in [0.05, 0.1) is 6.54 Å². The van der Waals surface area contributed by atoms with Crippen molar-refractivity contribution >= 4 is 0 Å². The Morgan fingerprint density at radius 3 is 2.71 bits per heavy atom. The lowest BCUT2D eigenvalue weighted by Crippen LogP contribution is -2.17. The summed E-state index contributed by atoms with van der Waals surface area (Å²) >= 11 is 0. The van der Waals surface area contributed by atoms with Crippen LogP contribution in [0, 0.1) is 0 Å². The van der Waals surface area contributed by atoms with Crippen LogP contribution in [-0.2, 0) is 20.0 Å². The van der Waals surface area contributed by atoms with Gasteiger partial charge in [0.25, 0.3) is 0 Å². The highest BCUT2D eigenvalue weighted by molar-refractivity contribution is 4.92. The topological polar surface area (TPSA) is 42.7 Å². The summed E-state index contributed by atoms with van der Waals surface area (Å²) in [5, 5.41) is 7.67. The van der Waals surface area contributed by atoms with E-state index in [4.69, 9.17) is 0 Å². The van der Waals surface area contributed by atoms with Gasteiger partial charge < -0.3 is 5.32 Å². The number of nitrogens with zero attached hydrogens (tertiary/aromatic N) is 3. The molecule has 0 aliphatic heterocycles. The smallest absolute Gasteiger partial charge is 0.150 e. The van der Waals surface area contributed by atoms with Crippen LogP contribution in [-0.4, -0.2) is 21.3 Å². The highest BCUT2D eigenvalue weighted by Gasteiger charge is 2.04. The molecule has 1 aromatic heterocycles. The lowest BCUT2D eigenvalue weighted by Gasteiger charge is -2.00. The molecule has 0 aliphatic rings. The highest BCUT2D eigenvalue weighted by atomic mass is 15.3. The van der Waals surface area contributed by atoms with Crippen LogP contribution in [0.25, 0.3) is 0 Å². The molecule has 0 radical (unpaired) electrons. The summed E-state index contributed by atoms with van der Waals surface area (Å²) in [6.45, 7) is 6.16. The van der Waals surface area contributed by atoms with Gasteiger partial charge in [-0.2, -0.15) is 5.10 Å². The standard InChI is InChI=1S/C10H20N4/c1-4-6-9-12-10(14(3)13-9)8-11-7-5-2/h11H,4-8H2,1-3H3. The van der Waals surface area contributed by atoms with E-state index in [2.05, 4.69) is 29.2 Å². The lowest BCUT2D eigenvalue weighted by molar-refractivity contribution is 0.608. The van der Waals surface area contributed by atoms with Gasteiger partial charge in [-0.3, -0.25) is 4.68 Å². The highest BCUT2D eigenvalue weighted by Crippen LogP contribution is 1.99. The number of aromatic nitrogens is 3. The molecule has 0 saturated carbocycles. The molecule has 1 aromatic rings. The van der Waals surface area contributed by atoms with Crippen molar-refractivity contribution in [3.8, 4) is 0 Å². The maximum atomic E-state index is 4.46. The third kappa shape index (κ3) is 3.10. The Hall–Kier alpha value is -0.900. The molecule has 4 heteroatoms. The normalized spacial score (nSPS) is 10.8. The van der Waals surface area contributed by atoms with Gasteiger partial charge >= 0.3 is 0 Å². The molecule has 0 fully saturated rings. The fourth-order valence-corrected chi connectivity index (χ4v) is 1.33. The van der Waals surface area contributed by atoms with Gasteiger partial charge in [0.15, 0.2) is 5.82 Å². The number of aryl methyl sites for hydroxylation is 2. The summed E-state index contributed by atoms with van der Waals surface area (Å²) in [6, 6.07) is 0. The Balaban J connectivity index is 2.49. The van der Waals surface area contributed by atoms with Gasteiger partial charge in [-0.25, -0.2) is 4.98 Å². The molecule has 14 heavy (non-hydrogen) atoms. The van der Waals surface area contributed by atoms with Crippen LogP contribution in [0.3, 0.4) is 0 Å². The van der Waals surface area contributed by atoms with E-state index < -0.39 is 0 Å². The van der Waals surface area contributed by atoms with E-state index in [0.717, 1.165) is 44.0 Å². The van der Waals surface area contributed by atoms with E-state index in [9.17, 15) is 0 Å². The fourth-order valence-electron chi connectivity index (χ4n) is 1.33. The van der Waals surface area contributed by atoms with Gasteiger partial charge in [-0.1, -0.05) is 13.8 Å². The molecule has 4 nitrogen and oxygen atoms in total. The third-order valence-corrected chi connectivity index (χ3v) is 2.08. The van der Waals surface area contributed by atoms with E-state index in [1.807, 2.05) is 11.7 Å². The molecule has 80 valence electrons. The molecule has 0 spiro atoms. The Morgan fingerprint density at radius 2 is 2.07 bits per heavy atom. The summed E-state index contributed by atoms with van der Waals surface area (Å²) in [7, 11) is 1.95. The molecule has 0 aliphatic carbocycles. The molecule has 0 amide bonds. The van der Waals surface area contributed by atoms with E-state index in [1.165, 1.54) is 0 Å². The average molecular weight is 196 g/mol. The van der Waals surface area contributed by atoms with Crippen LogP contribution < -0.4 is 5.32 Å². The van der Waals surface area contributed by atoms with E-state index in [0.29, 0.717) is 0 Å². The first-order valence-corrected chi connectivity index (χ1v) is 5.37. The molecule has 0 bridgehead atoms. The quantitative estimate of drug-likeness (QED) is 0.697. The monoisotopic (exact) mass is 196 g/mol. The number of nitrogens with one attached hydrogen (secondary N) is 1. The van der Waals surface area contributed by atoms with E-state index >= 15 is 0 Å². The van der Waals surface area contributed by atoms with Crippen molar-refractivity contribution in [1.82, 2.24) is 20.1 Å². The zero-order valence-electron chi connectivity index (χ0n) is 9.38. The van der Waals surface area contributed by atoms with Gasteiger partial charge in [0.1, 0.15) is 5.82 Å². The Morgan fingerprint density at radius 1 is 1.29 bits per heavy atom. The van der Waals surface area contributed by atoms with Gasteiger partial charge in [0.2, 0.25) is 0 Å². The van der Waals surface area contributed by atoms with Gasteiger partial charge in [0, 0.05) is 13.5 Å². The van der Waals surface area contributed by atoms with Crippen molar-refractivity contribution in [3.63, 3.8) is 0 Å². The van der Waals surface area contributed by atoms with Crippen molar-refractivity contribution < 1.29 is 0 Å². The third-order valence-electron chi connectivity index (χ3n) is 2.08. The summed E-state index contributed by atoms with van der Waals surface area (Å²) in [5.74, 6) is 1.99. The maximum Gasteiger partial charge on any atom is 0.150 e. The van der Waals surface area contributed by atoms with Gasteiger partial charge in [-0.15, -0.1) is 0 Å². The van der Waals surface area contributed by atoms with Gasteiger partial charge in [-0.05, 0) is 19.4 Å². The molecular weight excluding hydrogens is 176 g/mol. The largest absolute Gasteiger partial charge is 0.310 e. The predicted octanol–water partition coefficient (Wildman–Crippen LogP) is 1.27. The number of rotatable bonds is 6. The summed E-state index contributed by atoms with van der Waals surface area (Å²) < 4.78 is 1.87. The lowest BCUT2D eigenvalue weighted by atomic mass is 10.3. The first kappa shape index (κ1) is 11.2. The molecule has 1 rings (SSSR count). The van der Waals surface area contributed by atoms with Crippen LogP contribution in [0.5, 0.6) is 0 Å². The average Bonchev–Trinajstić information content (AvgIpc) is 2.48. The van der Waals surface area contributed by atoms with Crippen molar-refractivity contribution in [2.24, 2.45) is 7.05 Å². The molecular formula is C10H20N4. The second-order valence-electron chi connectivity index (χ2n) is 3.49. The number of hydrogen-bond donors (Lipinski definition) is 1. The van der Waals surface area contributed by atoms with Crippen LogP contribution in [0.1, 0.15) is 38.3 Å². The first-order chi connectivity index (χ1) is 6.77. The van der Waals surface area contributed by atoms with Crippen LogP contribution in [0.4, 0.5) is 0 Å². The fraction of sp³-hybridized carbons (Fsp3) is 0.800. The number of hydrogen-bond acceptors (Lipinski definition) is 3. The second-order valence-corrected chi connectivity index (χ2v) is 3.49. The van der Waals surface area contributed by atoms with Crippen molar-refractivity contribution in [1.29, 1.82) is 0 Å². The molecule has 0 saturated heterocycles. The van der Waals surface area contributed by atoms with Crippen LogP contribution in [0.2, 0.25) is 0 Å². The summed E-state index contributed by atoms with van der Waals surface area (Å²) in [4.78, 5) is 4.46. The van der Waals surface area contributed by atoms with Crippen molar-refractivity contribution in [2.45, 2.75) is 39.7 Å². The van der Waals surface area contributed by atoms with E-state index in [-0.39, 0.29) is 0 Å².